The summed E-state index contributed by atoms with van der Waals surface area (Å²) in [5, 5.41) is 18.2. The normalized spacial score (nSPS) is 23.0. The molecule has 3 atom stereocenters. The second kappa shape index (κ2) is 6.70. The third-order valence-electron chi connectivity index (χ3n) is 4.18. The van der Waals surface area contributed by atoms with Crippen LogP contribution in [0.1, 0.15) is 31.0 Å². The van der Waals surface area contributed by atoms with Gasteiger partial charge in [0.1, 0.15) is 0 Å². The monoisotopic (exact) mass is 288 g/mol. The lowest BCUT2D eigenvalue weighted by Gasteiger charge is -2.34. The molecule has 2 rings (SSSR count). The van der Waals surface area contributed by atoms with Crippen molar-refractivity contribution in [2.75, 3.05) is 19.8 Å². The molecule has 0 spiro atoms. The van der Waals surface area contributed by atoms with E-state index in [9.17, 15) is 9.90 Å². The van der Waals surface area contributed by atoms with Crippen LogP contribution >= 0.6 is 0 Å². The van der Waals surface area contributed by atoms with Crippen LogP contribution in [0.5, 0.6) is 0 Å². The van der Waals surface area contributed by atoms with Crippen LogP contribution < -0.4 is 0 Å². The highest BCUT2D eigenvalue weighted by Gasteiger charge is 2.39. The molecule has 0 aromatic heterocycles. The molecule has 1 aliphatic rings. The predicted octanol–water partition coefficient (Wildman–Crippen LogP) is 2.04. The standard InChI is InChI=1S/C16H20N2O3/c1-3-18(15-10-21-9-14(15)16(19)20)11(2)13-6-4-12(8-17)5-7-13/h4-7,11,14-15H,3,9-10H2,1-2H3,(H,19,20). The molecule has 1 aromatic rings. The molecule has 5 nitrogen and oxygen atoms in total. The molecule has 21 heavy (non-hydrogen) atoms. The lowest BCUT2D eigenvalue weighted by molar-refractivity contribution is -0.143. The highest BCUT2D eigenvalue weighted by Crippen LogP contribution is 2.29. The number of carboxylic acids is 1. The summed E-state index contributed by atoms with van der Waals surface area (Å²) in [4.78, 5) is 13.5. The Morgan fingerprint density at radius 2 is 2.14 bits per heavy atom. The van der Waals surface area contributed by atoms with Gasteiger partial charge in [0.15, 0.2) is 0 Å². The first-order chi connectivity index (χ1) is 10.1. The Bertz CT molecular complexity index is 535. The number of ether oxygens (including phenoxy) is 1. The van der Waals surface area contributed by atoms with Gasteiger partial charge in [0.2, 0.25) is 0 Å². The Balaban J connectivity index is 2.19. The quantitative estimate of drug-likeness (QED) is 0.897. The van der Waals surface area contributed by atoms with E-state index in [-0.39, 0.29) is 18.7 Å². The van der Waals surface area contributed by atoms with Crippen molar-refractivity contribution in [1.29, 1.82) is 5.26 Å². The van der Waals surface area contributed by atoms with Crippen molar-refractivity contribution in [2.45, 2.75) is 25.9 Å². The van der Waals surface area contributed by atoms with Gasteiger partial charge in [-0.2, -0.15) is 5.26 Å². The minimum Gasteiger partial charge on any atom is -0.481 e. The van der Waals surface area contributed by atoms with Gasteiger partial charge in [-0.15, -0.1) is 0 Å². The molecule has 0 aliphatic carbocycles. The summed E-state index contributed by atoms with van der Waals surface area (Å²) in [5.74, 6) is -1.28. The largest absolute Gasteiger partial charge is 0.481 e. The van der Waals surface area contributed by atoms with Crippen molar-refractivity contribution in [3.63, 3.8) is 0 Å². The van der Waals surface area contributed by atoms with Crippen LogP contribution in [0.4, 0.5) is 0 Å². The molecule has 0 amide bonds. The number of rotatable bonds is 5. The number of nitriles is 1. The SMILES string of the molecule is CCN(C(C)c1ccc(C#N)cc1)C1COCC1C(=O)O. The van der Waals surface area contributed by atoms with Crippen molar-refractivity contribution < 1.29 is 14.6 Å². The van der Waals surface area contributed by atoms with E-state index >= 15 is 0 Å². The zero-order chi connectivity index (χ0) is 15.4. The Hall–Kier alpha value is -1.90. The Morgan fingerprint density at radius 1 is 1.48 bits per heavy atom. The van der Waals surface area contributed by atoms with E-state index in [0.29, 0.717) is 12.2 Å². The third-order valence-corrected chi connectivity index (χ3v) is 4.18. The van der Waals surface area contributed by atoms with Gasteiger partial charge < -0.3 is 9.84 Å². The molecule has 0 bridgehead atoms. The molecular formula is C16H20N2O3. The van der Waals surface area contributed by atoms with Crippen molar-refractivity contribution in [3.8, 4) is 6.07 Å². The summed E-state index contributed by atoms with van der Waals surface area (Å²) in [6, 6.07) is 9.51. The summed E-state index contributed by atoms with van der Waals surface area (Å²) >= 11 is 0. The first kappa shape index (κ1) is 15.5. The maximum absolute atomic E-state index is 11.3. The van der Waals surface area contributed by atoms with E-state index in [1.807, 2.05) is 19.1 Å². The molecule has 1 fully saturated rings. The van der Waals surface area contributed by atoms with Crippen LogP contribution in [0.15, 0.2) is 24.3 Å². The maximum atomic E-state index is 11.3. The number of nitrogens with zero attached hydrogens (tertiary/aromatic N) is 2. The smallest absolute Gasteiger partial charge is 0.310 e. The number of likely N-dealkylation sites (N-methyl/N-ethyl adjacent to an activating group) is 1. The fraction of sp³-hybridized carbons (Fsp3) is 0.500. The topological polar surface area (TPSA) is 73.6 Å². The Morgan fingerprint density at radius 3 is 2.67 bits per heavy atom. The van der Waals surface area contributed by atoms with Gasteiger partial charge in [0.05, 0.1) is 30.8 Å². The first-order valence-corrected chi connectivity index (χ1v) is 7.14. The minimum absolute atomic E-state index is 0.0799. The predicted molar refractivity (Wildman–Crippen MR) is 77.7 cm³/mol. The van der Waals surface area contributed by atoms with Crippen LogP contribution in [0.2, 0.25) is 0 Å². The lowest BCUT2D eigenvalue weighted by atomic mass is 9.97. The fourth-order valence-electron chi connectivity index (χ4n) is 2.93. The van der Waals surface area contributed by atoms with Crippen LogP contribution in [-0.4, -0.2) is 41.8 Å². The highest BCUT2D eigenvalue weighted by molar-refractivity contribution is 5.71. The van der Waals surface area contributed by atoms with Gasteiger partial charge in [-0.3, -0.25) is 9.69 Å². The summed E-state index contributed by atoms with van der Waals surface area (Å²) in [7, 11) is 0. The van der Waals surface area contributed by atoms with Crippen LogP contribution in [0, 0.1) is 17.2 Å². The lowest BCUT2D eigenvalue weighted by Crippen LogP contribution is -2.44. The van der Waals surface area contributed by atoms with Crippen molar-refractivity contribution in [1.82, 2.24) is 4.90 Å². The molecule has 3 unspecified atom stereocenters. The first-order valence-electron chi connectivity index (χ1n) is 7.14. The number of carbonyl (C=O) groups is 1. The summed E-state index contributed by atoms with van der Waals surface area (Å²) < 4.78 is 5.37. The van der Waals surface area contributed by atoms with Crippen molar-refractivity contribution in [2.24, 2.45) is 5.92 Å². The molecule has 0 saturated carbocycles. The third kappa shape index (κ3) is 3.23. The van der Waals surface area contributed by atoms with Gasteiger partial charge in [-0.25, -0.2) is 0 Å². The number of carboxylic acid groups (broad SMARTS) is 1. The van der Waals surface area contributed by atoms with Crippen LogP contribution in [0.3, 0.4) is 0 Å². The zero-order valence-corrected chi connectivity index (χ0v) is 12.3. The summed E-state index contributed by atoms with van der Waals surface area (Å²) in [5.41, 5.74) is 1.70. The number of hydrogen-bond donors (Lipinski definition) is 1. The van der Waals surface area contributed by atoms with E-state index in [1.165, 1.54) is 0 Å². The number of aliphatic carboxylic acids is 1. The van der Waals surface area contributed by atoms with Gasteiger partial charge >= 0.3 is 5.97 Å². The fourth-order valence-corrected chi connectivity index (χ4v) is 2.93. The van der Waals surface area contributed by atoms with Gasteiger partial charge in [-0.05, 0) is 31.2 Å². The van der Waals surface area contributed by atoms with Gasteiger partial charge in [-0.1, -0.05) is 19.1 Å². The average Bonchev–Trinajstić information content (AvgIpc) is 2.97. The molecule has 1 aromatic carbocycles. The van der Waals surface area contributed by atoms with Crippen molar-refractivity contribution in [3.05, 3.63) is 35.4 Å². The molecule has 5 heteroatoms. The van der Waals surface area contributed by atoms with Gasteiger partial charge in [0.25, 0.3) is 0 Å². The zero-order valence-electron chi connectivity index (χ0n) is 12.3. The Labute approximate surface area is 124 Å². The van der Waals surface area contributed by atoms with Gasteiger partial charge in [0, 0.05) is 12.1 Å². The molecule has 1 heterocycles. The minimum atomic E-state index is -0.803. The molecule has 112 valence electrons. The summed E-state index contributed by atoms with van der Waals surface area (Å²) in [6.45, 7) is 5.56. The van der Waals surface area contributed by atoms with Crippen LogP contribution in [-0.2, 0) is 9.53 Å². The average molecular weight is 288 g/mol. The highest BCUT2D eigenvalue weighted by atomic mass is 16.5. The molecule has 1 N–H and O–H groups in total. The molecule has 1 saturated heterocycles. The van der Waals surface area contributed by atoms with E-state index in [0.717, 1.165) is 12.1 Å². The summed E-state index contributed by atoms with van der Waals surface area (Å²) in [6.07, 6.45) is 0. The number of benzene rings is 1. The van der Waals surface area contributed by atoms with E-state index < -0.39 is 11.9 Å². The number of hydrogen-bond acceptors (Lipinski definition) is 4. The Kier molecular flexibility index (Phi) is 4.94. The molecule has 1 aliphatic heterocycles. The molecule has 0 radical (unpaired) electrons. The van der Waals surface area contributed by atoms with E-state index in [4.69, 9.17) is 10.00 Å². The van der Waals surface area contributed by atoms with E-state index in [1.54, 1.807) is 12.1 Å². The second-order valence-electron chi connectivity index (χ2n) is 5.29. The molecular weight excluding hydrogens is 268 g/mol. The maximum Gasteiger partial charge on any atom is 0.310 e. The second-order valence-corrected chi connectivity index (χ2v) is 5.29. The van der Waals surface area contributed by atoms with Crippen molar-refractivity contribution >= 4 is 5.97 Å². The van der Waals surface area contributed by atoms with Crippen LogP contribution in [0.25, 0.3) is 0 Å². The van der Waals surface area contributed by atoms with E-state index in [2.05, 4.69) is 17.9 Å².